The van der Waals surface area contributed by atoms with Crippen molar-refractivity contribution < 1.29 is 0 Å². The molecule has 0 amide bonds. The van der Waals surface area contributed by atoms with Crippen LogP contribution in [0.3, 0.4) is 0 Å². The molecule has 0 saturated heterocycles. The maximum Gasteiger partial charge on any atom is 0.0441 e. The summed E-state index contributed by atoms with van der Waals surface area (Å²) in [6, 6.07) is 12.9. The summed E-state index contributed by atoms with van der Waals surface area (Å²) in [5.41, 5.74) is 4.73. The molecule has 0 fully saturated rings. The van der Waals surface area contributed by atoms with Crippen LogP contribution >= 0.6 is 0 Å². The minimum Gasteiger partial charge on any atom is -0.257 e. The van der Waals surface area contributed by atoms with E-state index in [9.17, 15) is 0 Å². The normalized spacial score (nSPS) is 29.0. The lowest BCUT2D eigenvalue weighted by Gasteiger charge is -2.26. The lowest BCUT2D eigenvalue weighted by atomic mass is 9.85. The van der Waals surface area contributed by atoms with Crippen LogP contribution < -0.4 is 0 Å². The van der Waals surface area contributed by atoms with Gasteiger partial charge in [0.15, 0.2) is 0 Å². The van der Waals surface area contributed by atoms with E-state index in [-0.39, 0.29) is 0 Å². The highest BCUT2D eigenvalue weighted by atomic mass is 14.8. The number of fused-ring (bicyclic) bond motifs is 4. The van der Waals surface area contributed by atoms with Gasteiger partial charge in [-0.15, -0.1) is 0 Å². The summed E-state index contributed by atoms with van der Waals surface area (Å²) in [6.45, 7) is 9.00. The van der Waals surface area contributed by atoms with Crippen molar-refractivity contribution in [3.05, 3.63) is 59.2 Å². The third-order valence-corrected chi connectivity index (χ3v) is 4.95. The van der Waals surface area contributed by atoms with E-state index < -0.39 is 0 Å². The van der Waals surface area contributed by atoms with Crippen LogP contribution in [0.5, 0.6) is 0 Å². The number of hydrogen-bond acceptors (Lipinski definition) is 2. The molecule has 2 heteroatoms. The van der Waals surface area contributed by atoms with Gasteiger partial charge in [0.25, 0.3) is 0 Å². The van der Waals surface area contributed by atoms with E-state index in [0.717, 1.165) is 0 Å². The molecule has 104 valence electrons. The standard InChI is InChI=1S/C18H22N2/c1-11-12(2)16-8-6-10-18(20-16)14(4)13(3)17-9-5-7-15(11)19-17/h5-14H,1-4H3/t11-,12-,13-,14-/m1/s1. The van der Waals surface area contributed by atoms with Crippen LogP contribution in [0.1, 0.15) is 74.1 Å². The van der Waals surface area contributed by atoms with Gasteiger partial charge in [0.1, 0.15) is 0 Å². The molecule has 4 bridgehead atoms. The Bertz CT molecular complexity index is 518. The molecule has 0 N–H and O–H groups in total. The molecule has 20 heavy (non-hydrogen) atoms. The predicted octanol–water partition coefficient (Wildman–Crippen LogP) is 4.60. The molecule has 0 aromatic carbocycles. The van der Waals surface area contributed by atoms with Crippen molar-refractivity contribution >= 4 is 0 Å². The first-order valence-electron chi connectivity index (χ1n) is 7.51. The van der Waals surface area contributed by atoms with E-state index in [2.05, 4.69) is 64.1 Å². The van der Waals surface area contributed by atoms with Crippen LogP contribution in [0.2, 0.25) is 0 Å². The van der Waals surface area contributed by atoms with E-state index >= 15 is 0 Å². The molecule has 0 spiro atoms. The summed E-state index contributed by atoms with van der Waals surface area (Å²) in [7, 11) is 0. The Morgan fingerprint density at radius 3 is 1.05 bits per heavy atom. The van der Waals surface area contributed by atoms with Gasteiger partial charge in [-0.1, -0.05) is 39.8 Å². The van der Waals surface area contributed by atoms with Gasteiger partial charge in [0.2, 0.25) is 0 Å². The quantitative estimate of drug-likeness (QED) is 0.696. The Morgan fingerprint density at radius 2 is 0.800 bits per heavy atom. The lowest BCUT2D eigenvalue weighted by molar-refractivity contribution is 0.542. The molecule has 2 nitrogen and oxygen atoms in total. The molecule has 0 unspecified atom stereocenters. The number of rotatable bonds is 0. The molecule has 2 aromatic rings. The molecule has 0 radical (unpaired) electrons. The first kappa shape index (κ1) is 13.3. The van der Waals surface area contributed by atoms with Crippen molar-refractivity contribution in [3.8, 4) is 0 Å². The van der Waals surface area contributed by atoms with Crippen molar-refractivity contribution in [2.75, 3.05) is 0 Å². The third kappa shape index (κ3) is 2.13. The number of nitrogens with zero attached hydrogens (tertiary/aromatic N) is 2. The summed E-state index contributed by atoms with van der Waals surface area (Å²) in [6.07, 6.45) is 0. The zero-order valence-electron chi connectivity index (χ0n) is 12.7. The van der Waals surface area contributed by atoms with Gasteiger partial charge < -0.3 is 0 Å². The van der Waals surface area contributed by atoms with Crippen molar-refractivity contribution in [1.29, 1.82) is 0 Å². The second-order valence-electron chi connectivity index (χ2n) is 6.13. The number of aromatic nitrogens is 2. The van der Waals surface area contributed by atoms with Gasteiger partial charge >= 0.3 is 0 Å². The smallest absolute Gasteiger partial charge is 0.0441 e. The fourth-order valence-corrected chi connectivity index (χ4v) is 2.98. The molecular weight excluding hydrogens is 244 g/mol. The summed E-state index contributed by atoms with van der Waals surface area (Å²) >= 11 is 0. The van der Waals surface area contributed by atoms with Crippen LogP contribution in [-0.4, -0.2) is 9.97 Å². The fourth-order valence-electron chi connectivity index (χ4n) is 2.98. The lowest BCUT2D eigenvalue weighted by Crippen LogP contribution is -2.16. The van der Waals surface area contributed by atoms with Crippen molar-refractivity contribution in [3.63, 3.8) is 0 Å². The fraction of sp³-hybridized carbons (Fsp3) is 0.444. The average Bonchev–Trinajstić information content (AvgIpc) is 2.51. The van der Waals surface area contributed by atoms with Gasteiger partial charge in [0.05, 0.1) is 0 Å². The van der Waals surface area contributed by atoms with Crippen LogP contribution in [-0.2, 0) is 0 Å². The molecule has 0 saturated carbocycles. The Morgan fingerprint density at radius 1 is 0.550 bits per heavy atom. The van der Waals surface area contributed by atoms with Gasteiger partial charge in [-0.3, -0.25) is 9.97 Å². The first-order valence-corrected chi connectivity index (χ1v) is 7.51. The van der Waals surface area contributed by atoms with Crippen LogP contribution in [0.15, 0.2) is 36.4 Å². The van der Waals surface area contributed by atoms with Crippen LogP contribution in [0, 0.1) is 0 Å². The minimum atomic E-state index is 0.387. The topological polar surface area (TPSA) is 25.8 Å². The Balaban J connectivity index is 2.19. The largest absolute Gasteiger partial charge is 0.257 e. The molecule has 3 rings (SSSR count). The monoisotopic (exact) mass is 266 g/mol. The van der Waals surface area contributed by atoms with Crippen molar-refractivity contribution in [1.82, 2.24) is 9.97 Å². The maximum atomic E-state index is 4.92. The Labute approximate surface area is 121 Å². The highest BCUT2D eigenvalue weighted by Gasteiger charge is 2.25. The highest BCUT2D eigenvalue weighted by Crippen LogP contribution is 2.36. The van der Waals surface area contributed by atoms with Crippen molar-refractivity contribution in [2.24, 2.45) is 0 Å². The Hall–Kier alpha value is -1.70. The van der Waals surface area contributed by atoms with Gasteiger partial charge in [-0.2, -0.15) is 0 Å². The van der Waals surface area contributed by atoms with Gasteiger partial charge in [0, 0.05) is 46.4 Å². The van der Waals surface area contributed by atoms with Crippen LogP contribution in [0.25, 0.3) is 0 Å². The van der Waals surface area contributed by atoms with E-state index in [1.54, 1.807) is 0 Å². The molecule has 1 aliphatic heterocycles. The zero-order valence-corrected chi connectivity index (χ0v) is 12.7. The summed E-state index contributed by atoms with van der Waals surface area (Å²) < 4.78 is 0. The van der Waals surface area contributed by atoms with Gasteiger partial charge in [-0.25, -0.2) is 0 Å². The summed E-state index contributed by atoms with van der Waals surface area (Å²) in [5.74, 6) is 1.55. The molecule has 3 heterocycles. The second kappa shape index (κ2) is 5.01. The van der Waals surface area contributed by atoms with E-state index in [1.807, 2.05) is 0 Å². The second-order valence-corrected chi connectivity index (χ2v) is 6.13. The first-order chi connectivity index (χ1) is 9.58. The summed E-state index contributed by atoms with van der Waals surface area (Å²) in [5, 5.41) is 0. The zero-order chi connectivity index (χ0) is 14.3. The predicted molar refractivity (Wildman–Crippen MR) is 82.1 cm³/mol. The van der Waals surface area contributed by atoms with E-state index in [4.69, 9.17) is 9.97 Å². The molecule has 1 aliphatic rings. The van der Waals surface area contributed by atoms with Crippen LogP contribution in [0.4, 0.5) is 0 Å². The summed E-state index contributed by atoms with van der Waals surface area (Å²) in [4.78, 5) is 9.84. The Kier molecular flexibility index (Phi) is 3.33. The molecule has 0 aliphatic carbocycles. The van der Waals surface area contributed by atoms with E-state index in [1.165, 1.54) is 22.8 Å². The van der Waals surface area contributed by atoms with Gasteiger partial charge in [-0.05, 0) is 24.3 Å². The number of hydrogen-bond donors (Lipinski definition) is 0. The average molecular weight is 266 g/mol. The maximum absolute atomic E-state index is 4.92. The molecule has 4 atom stereocenters. The number of pyridine rings is 2. The molecular formula is C18H22N2. The van der Waals surface area contributed by atoms with Crippen molar-refractivity contribution in [2.45, 2.75) is 51.4 Å². The molecule has 2 aromatic heterocycles. The minimum absolute atomic E-state index is 0.387. The third-order valence-electron chi connectivity index (χ3n) is 4.95. The van der Waals surface area contributed by atoms with E-state index in [0.29, 0.717) is 23.7 Å². The SMILES string of the molecule is C[C@H]1c2cccc(n2)[C@H](C)[C@@H](C)c2cccc(n2)[C@@H]1C. The highest BCUT2D eigenvalue weighted by molar-refractivity contribution is 5.27.